The molecule has 3 aromatic carbocycles. The Hall–Kier alpha value is -3.62. The summed E-state index contributed by atoms with van der Waals surface area (Å²) in [5.41, 5.74) is 10.6. The first kappa shape index (κ1) is 33.9. The highest BCUT2D eigenvalue weighted by atomic mass is 19.1. The van der Waals surface area contributed by atoms with Crippen LogP contribution >= 0.6 is 0 Å². The van der Waals surface area contributed by atoms with Gasteiger partial charge in [-0.3, -0.25) is 4.79 Å². The maximum absolute atomic E-state index is 13.9. The lowest BCUT2D eigenvalue weighted by Crippen LogP contribution is -2.46. The topological polar surface area (TPSA) is 84.7 Å². The molecule has 0 heterocycles. The van der Waals surface area contributed by atoms with Crippen molar-refractivity contribution in [3.05, 3.63) is 106 Å². The van der Waals surface area contributed by atoms with E-state index in [1.165, 1.54) is 17.7 Å². The van der Waals surface area contributed by atoms with Crippen LogP contribution in [0.25, 0.3) is 0 Å². The molecular weight excluding hydrogens is 548 g/mol. The number of hydrogen-bond acceptors (Lipinski definition) is 5. The van der Waals surface area contributed by atoms with Crippen LogP contribution in [-0.4, -0.2) is 48.6 Å². The van der Waals surface area contributed by atoms with E-state index in [2.05, 4.69) is 24.4 Å². The smallest absolute Gasteiger partial charge is 0.338 e. The van der Waals surface area contributed by atoms with Crippen molar-refractivity contribution in [2.75, 3.05) is 19.6 Å². The van der Waals surface area contributed by atoms with Crippen LogP contribution in [0.4, 0.5) is 8.78 Å². The van der Waals surface area contributed by atoms with Gasteiger partial charge in [0.15, 0.2) is 0 Å². The fraction of sp³-hybridized carbons (Fsp3) is 0.429. The van der Waals surface area contributed by atoms with Gasteiger partial charge in [0.1, 0.15) is 17.7 Å². The fourth-order valence-electron chi connectivity index (χ4n) is 5.22. The van der Waals surface area contributed by atoms with E-state index < -0.39 is 29.7 Å². The molecule has 3 aromatic rings. The monoisotopic (exact) mass is 593 g/mol. The van der Waals surface area contributed by atoms with Crippen LogP contribution < -0.4 is 11.1 Å². The predicted molar refractivity (Wildman–Crippen MR) is 167 cm³/mol. The van der Waals surface area contributed by atoms with Crippen molar-refractivity contribution in [3.8, 4) is 0 Å². The highest BCUT2D eigenvalue weighted by molar-refractivity contribution is 5.98. The van der Waals surface area contributed by atoms with Crippen molar-refractivity contribution in [3.63, 3.8) is 0 Å². The Kier molecular flexibility index (Phi) is 13.3. The number of esters is 1. The molecule has 0 saturated carbocycles. The van der Waals surface area contributed by atoms with Crippen LogP contribution in [0.15, 0.2) is 60.7 Å². The van der Waals surface area contributed by atoms with Crippen molar-refractivity contribution in [2.45, 2.75) is 78.5 Å². The molecule has 2 atom stereocenters. The summed E-state index contributed by atoms with van der Waals surface area (Å²) in [7, 11) is 0. The van der Waals surface area contributed by atoms with Gasteiger partial charge in [-0.15, -0.1) is 0 Å². The van der Waals surface area contributed by atoms with Crippen molar-refractivity contribution < 1.29 is 23.1 Å². The first-order valence-electron chi connectivity index (χ1n) is 15.2. The Morgan fingerprint density at radius 3 is 2.16 bits per heavy atom. The zero-order valence-electron chi connectivity index (χ0n) is 25.8. The molecule has 0 bridgehead atoms. The van der Waals surface area contributed by atoms with E-state index >= 15 is 0 Å². The van der Waals surface area contributed by atoms with E-state index in [0.717, 1.165) is 42.9 Å². The summed E-state index contributed by atoms with van der Waals surface area (Å²) in [5.74, 6) is -2.14. The molecule has 3 rings (SSSR count). The molecule has 0 spiro atoms. The number of hydrogen-bond donors (Lipinski definition) is 2. The predicted octanol–water partition coefficient (Wildman–Crippen LogP) is 6.37. The van der Waals surface area contributed by atoms with Gasteiger partial charge in [0, 0.05) is 43.9 Å². The van der Waals surface area contributed by atoms with Crippen LogP contribution in [0, 0.1) is 18.6 Å². The average molecular weight is 594 g/mol. The van der Waals surface area contributed by atoms with Crippen molar-refractivity contribution in [1.82, 2.24) is 10.2 Å². The standard InChI is InChI=1S/C35H45F2N3O3/c1-5-9-25-10-8-11-26(16-25)22-39-23-33(32(38)19-27-17-30(36)21-31(37)18-27)43-35(42)29-15-24(4)14-28(20-29)34(41)40(12-6-2)13-7-3/h8,10-11,14-18,20-21,32-33,39H,5-7,9,12-13,19,22-23,38H2,1-4H3/t32-,33+/m0/s1. The van der Waals surface area contributed by atoms with Gasteiger partial charge in [-0.05, 0) is 85.2 Å². The number of benzene rings is 3. The molecule has 6 nitrogen and oxygen atoms in total. The van der Waals surface area contributed by atoms with E-state index in [4.69, 9.17) is 10.5 Å². The Bertz CT molecular complexity index is 1340. The lowest BCUT2D eigenvalue weighted by molar-refractivity contribution is 0.0238. The molecule has 1 amide bonds. The summed E-state index contributed by atoms with van der Waals surface area (Å²) < 4.78 is 33.7. The van der Waals surface area contributed by atoms with Gasteiger partial charge in [-0.1, -0.05) is 51.5 Å². The number of carbonyl (C=O) groups excluding carboxylic acids is 2. The summed E-state index contributed by atoms with van der Waals surface area (Å²) >= 11 is 0. The summed E-state index contributed by atoms with van der Waals surface area (Å²) in [4.78, 5) is 28.5. The molecule has 0 unspecified atom stereocenters. The Morgan fingerprint density at radius 2 is 1.51 bits per heavy atom. The Balaban J connectivity index is 1.81. The van der Waals surface area contributed by atoms with Crippen LogP contribution in [0.2, 0.25) is 0 Å². The minimum Gasteiger partial charge on any atom is -0.456 e. The molecule has 0 fully saturated rings. The van der Waals surface area contributed by atoms with E-state index in [-0.39, 0.29) is 24.4 Å². The third kappa shape index (κ3) is 10.6. The van der Waals surface area contributed by atoms with E-state index in [1.807, 2.05) is 32.9 Å². The van der Waals surface area contributed by atoms with Crippen LogP contribution in [-0.2, 0) is 24.1 Å². The second-order valence-corrected chi connectivity index (χ2v) is 11.2. The summed E-state index contributed by atoms with van der Waals surface area (Å²) in [6, 6.07) is 15.8. The van der Waals surface area contributed by atoms with Crippen LogP contribution in [0.1, 0.15) is 83.0 Å². The van der Waals surface area contributed by atoms with Gasteiger partial charge < -0.3 is 20.7 Å². The van der Waals surface area contributed by atoms with Crippen molar-refractivity contribution in [1.29, 1.82) is 0 Å². The number of nitrogens with one attached hydrogen (secondary N) is 1. The molecule has 0 aliphatic heterocycles. The number of carbonyl (C=O) groups is 2. The average Bonchev–Trinajstić information content (AvgIpc) is 2.95. The zero-order chi connectivity index (χ0) is 31.4. The van der Waals surface area contributed by atoms with Gasteiger partial charge in [-0.25, -0.2) is 13.6 Å². The maximum atomic E-state index is 13.9. The minimum absolute atomic E-state index is 0.0981. The number of aryl methyl sites for hydroxylation is 2. The maximum Gasteiger partial charge on any atom is 0.338 e. The number of rotatable bonds is 16. The molecule has 8 heteroatoms. The largest absolute Gasteiger partial charge is 0.456 e. The van der Waals surface area contributed by atoms with Gasteiger partial charge in [0.25, 0.3) is 5.91 Å². The van der Waals surface area contributed by atoms with Gasteiger partial charge in [0.2, 0.25) is 0 Å². The first-order valence-corrected chi connectivity index (χ1v) is 15.2. The SMILES string of the molecule is CCCc1cccc(CNC[C@@H](OC(=O)c2cc(C)cc(C(=O)N(CCC)CCC)c2)[C@@H](N)Cc2cc(F)cc(F)c2)c1. The lowest BCUT2D eigenvalue weighted by Gasteiger charge is -2.25. The fourth-order valence-corrected chi connectivity index (χ4v) is 5.22. The summed E-state index contributed by atoms with van der Waals surface area (Å²) in [5, 5.41) is 3.34. The number of nitrogens with two attached hydrogens (primary N) is 1. The third-order valence-electron chi connectivity index (χ3n) is 7.17. The normalized spacial score (nSPS) is 12.5. The Labute approximate surface area is 254 Å². The summed E-state index contributed by atoms with van der Waals surface area (Å²) in [6.07, 6.45) is 2.98. The molecule has 0 saturated heterocycles. The summed E-state index contributed by atoms with van der Waals surface area (Å²) in [6.45, 7) is 10.0. The van der Waals surface area contributed by atoms with Gasteiger partial charge >= 0.3 is 5.97 Å². The molecule has 0 aromatic heterocycles. The minimum atomic E-state index is -0.811. The Morgan fingerprint density at radius 1 is 0.860 bits per heavy atom. The van der Waals surface area contributed by atoms with Gasteiger partial charge in [-0.2, -0.15) is 0 Å². The molecule has 0 aliphatic rings. The van der Waals surface area contributed by atoms with E-state index in [9.17, 15) is 18.4 Å². The second kappa shape index (κ2) is 16.9. The third-order valence-corrected chi connectivity index (χ3v) is 7.17. The quantitative estimate of drug-likeness (QED) is 0.189. The van der Waals surface area contributed by atoms with Crippen LogP contribution in [0.3, 0.4) is 0 Å². The number of ether oxygens (including phenoxy) is 1. The highest BCUT2D eigenvalue weighted by Gasteiger charge is 2.25. The van der Waals surface area contributed by atoms with Crippen molar-refractivity contribution in [2.24, 2.45) is 5.73 Å². The number of halogens is 2. The first-order chi connectivity index (χ1) is 20.6. The molecular formula is C35H45F2N3O3. The number of amides is 1. The zero-order valence-corrected chi connectivity index (χ0v) is 25.8. The second-order valence-electron chi connectivity index (χ2n) is 11.2. The molecule has 0 radical (unpaired) electrons. The lowest BCUT2D eigenvalue weighted by atomic mass is 10.0. The van der Waals surface area contributed by atoms with E-state index in [0.29, 0.717) is 30.8 Å². The molecule has 3 N–H and O–H groups in total. The van der Waals surface area contributed by atoms with E-state index in [1.54, 1.807) is 23.1 Å². The van der Waals surface area contributed by atoms with Crippen LogP contribution in [0.5, 0.6) is 0 Å². The number of nitrogens with zero attached hydrogens (tertiary/aromatic N) is 1. The van der Waals surface area contributed by atoms with Gasteiger partial charge in [0.05, 0.1) is 5.56 Å². The molecule has 0 aliphatic carbocycles. The molecule has 43 heavy (non-hydrogen) atoms. The molecule has 232 valence electrons. The van der Waals surface area contributed by atoms with Crippen molar-refractivity contribution >= 4 is 11.9 Å². The highest BCUT2D eigenvalue weighted by Crippen LogP contribution is 2.17.